The molecule has 3 heterocycles. The van der Waals surface area contributed by atoms with E-state index < -0.39 is 4.92 Å². The lowest BCUT2D eigenvalue weighted by Crippen LogP contribution is -2.29. The number of benzene rings is 1. The van der Waals surface area contributed by atoms with Crippen molar-refractivity contribution in [1.82, 2.24) is 9.88 Å². The summed E-state index contributed by atoms with van der Waals surface area (Å²) in [6.45, 7) is 6.68. The Hall–Kier alpha value is -2.52. The van der Waals surface area contributed by atoms with Crippen molar-refractivity contribution in [2.45, 2.75) is 32.7 Å². The van der Waals surface area contributed by atoms with Crippen LogP contribution in [0.5, 0.6) is 0 Å². The van der Waals surface area contributed by atoms with Gasteiger partial charge in [0, 0.05) is 49.6 Å². The molecule has 148 valence electrons. The molecule has 1 saturated heterocycles. The lowest BCUT2D eigenvalue weighted by atomic mass is 10.1. The first kappa shape index (κ1) is 18.8. The SMILES string of the molecule is CCN1CCc2nc(NC(=O)c3cc([N+](=O)[O-])ccc3N3CCCC3)sc2C1. The van der Waals surface area contributed by atoms with Gasteiger partial charge in [-0.05, 0) is 25.5 Å². The molecule has 0 saturated carbocycles. The predicted molar refractivity (Wildman–Crippen MR) is 109 cm³/mol. The minimum Gasteiger partial charge on any atom is -0.371 e. The Morgan fingerprint density at radius 3 is 2.82 bits per heavy atom. The Morgan fingerprint density at radius 2 is 2.11 bits per heavy atom. The number of aromatic nitrogens is 1. The highest BCUT2D eigenvalue weighted by Gasteiger charge is 2.25. The van der Waals surface area contributed by atoms with Crippen molar-refractivity contribution in [3.05, 3.63) is 44.4 Å². The first-order valence-corrected chi connectivity index (χ1v) is 10.4. The molecule has 0 atom stereocenters. The maximum Gasteiger partial charge on any atom is 0.270 e. The number of hydrogen-bond donors (Lipinski definition) is 1. The average Bonchev–Trinajstić information content (AvgIpc) is 3.36. The minimum atomic E-state index is -0.466. The molecular formula is C19H23N5O3S. The third-order valence-electron chi connectivity index (χ3n) is 5.36. The van der Waals surface area contributed by atoms with Crippen LogP contribution in [0.1, 0.15) is 40.7 Å². The van der Waals surface area contributed by atoms with Gasteiger partial charge in [-0.2, -0.15) is 0 Å². The van der Waals surface area contributed by atoms with Crippen LogP contribution >= 0.6 is 11.3 Å². The molecule has 0 bridgehead atoms. The van der Waals surface area contributed by atoms with Crippen molar-refractivity contribution in [2.75, 3.05) is 36.4 Å². The summed E-state index contributed by atoms with van der Waals surface area (Å²) in [6, 6.07) is 4.52. The number of carbonyl (C=O) groups excluding carboxylic acids is 1. The number of nitrogens with zero attached hydrogens (tertiary/aromatic N) is 4. The van der Waals surface area contributed by atoms with Gasteiger partial charge in [0.15, 0.2) is 5.13 Å². The third kappa shape index (κ3) is 3.72. The summed E-state index contributed by atoms with van der Waals surface area (Å²) in [5, 5.41) is 14.6. The Bertz CT molecular complexity index is 907. The van der Waals surface area contributed by atoms with Crippen molar-refractivity contribution in [3.8, 4) is 0 Å². The third-order valence-corrected chi connectivity index (χ3v) is 6.36. The fraction of sp³-hybridized carbons (Fsp3) is 0.474. The number of carbonyl (C=O) groups is 1. The number of fused-ring (bicyclic) bond motifs is 1. The Labute approximate surface area is 167 Å². The number of thiazole rings is 1. The van der Waals surface area contributed by atoms with Crippen LogP contribution in [-0.2, 0) is 13.0 Å². The molecule has 2 aliphatic rings. The Morgan fingerprint density at radius 1 is 1.32 bits per heavy atom. The molecule has 2 aromatic rings. The van der Waals surface area contributed by atoms with Gasteiger partial charge < -0.3 is 4.90 Å². The molecule has 4 rings (SSSR count). The van der Waals surface area contributed by atoms with Crippen LogP contribution in [0.25, 0.3) is 0 Å². The van der Waals surface area contributed by atoms with Crippen LogP contribution in [-0.4, -0.2) is 46.9 Å². The van der Waals surface area contributed by atoms with Crippen molar-refractivity contribution >= 4 is 33.8 Å². The number of nitro benzene ring substituents is 1. The average molecular weight is 401 g/mol. The molecule has 0 unspecified atom stereocenters. The van der Waals surface area contributed by atoms with Crippen molar-refractivity contribution in [3.63, 3.8) is 0 Å². The quantitative estimate of drug-likeness (QED) is 0.611. The normalized spacial score (nSPS) is 16.8. The second-order valence-corrected chi connectivity index (χ2v) is 8.20. The summed E-state index contributed by atoms with van der Waals surface area (Å²) in [4.78, 5) is 34.0. The highest BCUT2D eigenvalue weighted by molar-refractivity contribution is 7.15. The van der Waals surface area contributed by atoms with Gasteiger partial charge in [-0.25, -0.2) is 4.98 Å². The van der Waals surface area contributed by atoms with E-state index in [-0.39, 0.29) is 11.6 Å². The van der Waals surface area contributed by atoms with Gasteiger partial charge in [-0.3, -0.25) is 25.1 Å². The van der Waals surface area contributed by atoms with Crippen molar-refractivity contribution < 1.29 is 9.72 Å². The number of amides is 1. The lowest BCUT2D eigenvalue weighted by molar-refractivity contribution is -0.384. The summed E-state index contributed by atoms with van der Waals surface area (Å²) < 4.78 is 0. The van der Waals surface area contributed by atoms with Gasteiger partial charge in [0.05, 0.1) is 21.9 Å². The van der Waals surface area contributed by atoms with Crippen LogP contribution in [0.4, 0.5) is 16.5 Å². The number of nitrogens with one attached hydrogen (secondary N) is 1. The largest absolute Gasteiger partial charge is 0.371 e. The second kappa shape index (κ2) is 7.84. The molecule has 1 fully saturated rings. The van der Waals surface area contributed by atoms with Crippen LogP contribution in [0.15, 0.2) is 18.2 Å². The molecule has 9 heteroatoms. The molecule has 1 N–H and O–H groups in total. The number of anilines is 2. The fourth-order valence-corrected chi connectivity index (χ4v) is 4.84. The molecule has 2 aliphatic heterocycles. The summed E-state index contributed by atoms with van der Waals surface area (Å²) >= 11 is 1.49. The fourth-order valence-electron chi connectivity index (χ4n) is 3.79. The summed E-state index contributed by atoms with van der Waals surface area (Å²) in [5.41, 5.74) is 2.05. The number of rotatable bonds is 5. The number of likely N-dealkylation sites (N-methyl/N-ethyl adjacent to an activating group) is 1. The maximum absolute atomic E-state index is 13.0. The molecule has 1 aromatic heterocycles. The molecule has 1 aromatic carbocycles. The highest BCUT2D eigenvalue weighted by atomic mass is 32.1. The van der Waals surface area contributed by atoms with E-state index in [0.717, 1.165) is 63.4 Å². The molecule has 0 radical (unpaired) electrons. The lowest BCUT2D eigenvalue weighted by Gasteiger charge is -2.23. The predicted octanol–water partition coefficient (Wildman–Crippen LogP) is 3.28. The van der Waals surface area contributed by atoms with Gasteiger partial charge in [-0.1, -0.05) is 6.92 Å². The van der Waals surface area contributed by atoms with E-state index in [1.807, 2.05) is 0 Å². The van der Waals surface area contributed by atoms with E-state index in [1.165, 1.54) is 28.3 Å². The van der Waals surface area contributed by atoms with E-state index in [2.05, 4.69) is 27.0 Å². The summed E-state index contributed by atoms with van der Waals surface area (Å²) in [5.74, 6) is -0.343. The van der Waals surface area contributed by atoms with Crippen LogP contribution in [0, 0.1) is 10.1 Å². The molecule has 28 heavy (non-hydrogen) atoms. The van der Waals surface area contributed by atoms with Gasteiger partial charge in [0.1, 0.15) is 0 Å². The first-order valence-electron chi connectivity index (χ1n) is 9.61. The van der Waals surface area contributed by atoms with Crippen LogP contribution in [0.3, 0.4) is 0 Å². The molecular weight excluding hydrogens is 378 g/mol. The summed E-state index contributed by atoms with van der Waals surface area (Å²) in [6.07, 6.45) is 3.00. The van der Waals surface area contributed by atoms with E-state index in [0.29, 0.717) is 10.7 Å². The molecule has 0 spiro atoms. The zero-order valence-corrected chi connectivity index (χ0v) is 16.6. The number of hydrogen-bond acceptors (Lipinski definition) is 7. The first-order chi connectivity index (χ1) is 13.5. The smallest absolute Gasteiger partial charge is 0.270 e. The minimum absolute atomic E-state index is 0.0786. The van der Waals surface area contributed by atoms with Crippen LogP contribution in [0.2, 0.25) is 0 Å². The summed E-state index contributed by atoms with van der Waals surface area (Å²) in [7, 11) is 0. The van der Waals surface area contributed by atoms with Gasteiger partial charge >= 0.3 is 0 Å². The van der Waals surface area contributed by atoms with Crippen molar-refractivity contribution in [2.24, 2.45) is 0 Å². The number of non-ortho nitro benzene ring substituents is 1. The maximum atomic E-state index is 13.0. The van der Waals surface area contributed by atoms with Gasteiger partial charge in [0.2, 0.25) is 0 Å². The number of nitro groups is 1. The molecule has 0 aliphatic carbocycles. The second-order valence-electron chi connectivity index (χ2n) is 7.11. The Balaban J connectivity index is 1.60. The van der Waals surface area contributed by atoms with E-state index >= 15 is 0 Å². The highest BCUT2D eigenvalue weighted by Crippen LogP contribution is 2.31. The Kier molecular flexibility index (Phi) is 5.27. The molecule has 1 amide bonds. The monoisotopic (exact) mass is 401 g/mol. The van der Waals surface area contributed by atoms with Crippen LogP contribution < -0.4 is 10.2 Å². The standard InChI is InChI=1S/C19H23N5O3S/c1-2-22-10-7-15-17(12-22)28-19(20-15)21-18(25)14-11-13(24(26)27)5-6-16(14)23-8-3-4-9-23/h5-6,11H,2-4,7-10,12H2,1H3,(H,20,21,25). The van der Waals surface area contributed by atoms with E-state index in [1.54, 1.807) is 6.07 Å². The van der Waals surface area contributed by atoms with E-state index in [4.69, 9.17) is 0 Å². The molecule has 8 nitrogen and oxygen atoms in total. The zero-order valence-electron chi connectivity index (χ0n) is 15.8. The van der Waals surface area contributed by atoms with Crippen molar-refractivity contribution in [1.29, 1.82) is 0 Å². The van der Waals surface area contributed by atoms with Gasteiger partial charge in [-0.15, -0.1) is 11.3 Å². The zero-order chi connectivity index (χ0) is 19.7. The topological polar surface area (TPSA) is 91.6 Å². The van der Waals surface area contributed by atoms with E-state index in [9.17, 15) is 14.9 Å². The van der Waals surface area contributed by atoms with Gasteiger partial charge in [0.25, 0.3) is 11.6 Å².